The monoisotopic (exact) mass is 274 g/mol. The summed E-state index contributed by atoms with van der Waals surface area (Å²) in [4.78, 5) is 13.5. The second kappa shape index (κ2) is 9.25. The second-order valence-electron chi connectivity index (χ2n) is 4.89. The van der Waals surface area contributed by atoms with Gasteiger partial charge in [0, 0.05) is 32.2 Å². The Kier molecular flexibility index (Phi) is 7.97. The van der Waals surface area contributed by atoms with Crippen LogP contribution in [0.15, 0.2) is 0 Å². The van der Waals surface area contributed by atoms with Gasteiger partial charge < -0.3 is 19.9 Å². The molecule has 0 aromatic heterocycles. The van der Waals surface area contributed by atoms with Crippen molar-refractivity contribution in [3.63, 3.8) is 0 Å². The molecule has 0 amide bonds. The lowest BCUT2D eigenvalue weighted by molar-refractivity contribution is -0.145. The summed E-state index contributed by atoms with van der Waals surface area (Å²) >= 11 is 0. The Balaban J connectivity index is 2.11. The first-order valence-corrected chi connectivity index (χ1v) is 6.99. The first-order valence-electron chi connectivity index (χ1n) is 6.99. The van der Waals surface area contributed by atoms with Crippen LogP contribution in [0.5, 0.6) is 0 Å². The third-order valence-electron chi connectivity index (χ3n) is 3.05. The summed E-state index contributed by atoms with van der Waals surface area (Å²) in [5.41, 5.74) is 0. The summed E-state index contributed by atoms with van der Waals surface area (Å²) in [6.45, 7) is 9.01. The minimum atomic E-state index is -0.689. The fourth-order valence-electron chi connectivity index (χ4n) is 2.06. The van der Waals surface area contributed by atoms with Gasteiger partial charge in [0.25, 0.3) is 0 Å². The highest BCUT2D eigenvalue weighted by Gasteiger charge is 2.16. The van der Waals surface area contributed by atoms with Crippen molar-refractivity contribution in [1.82, 2.24) is 10.2 Å². The van der Waals surface area contributed by atoms with Crippen molar-refractivity contribution in [2.45, 2.75) is 32.4 Å². The number of carbonyl (C=O) groups is 1. The zero-order valence-electron chi connectivity index (χ0n) is 11.9. The number of carbonyl (C=O) groups excluding carboxylic acids is 1. The van der Waals surface area contributed by atoms with Crippen LogP contribution in [0.2, 0.25) is 0 Å². The summed E-state index contributed by atoms with van der Waals surface area (Å²) in [6.07, 6.45) is -0.642. The highest BCUT2D eigenvalue weighted by molar-refractivity contribution is 5.69. The molecule has 1 aliphatic rings. The van der Waals surface area contributed by atoms with Crippen LogP contribution in [0.4, 0.5) is 0 Å². The van der Waals surface area contributed by atoms with Crippen LogP contribution < -0.4 is 5.32 Å². The Morgan fingerprint density at radius 1 is 1.47 bits per heavy atom. The molecule has 0 saturated carbocycles. The van der Waals surface area contributed by atoms with Crippen molar-refractivity contribution in [3.05, 3.63) is 0 Å². The summed E-state index contributed by atoms with van der Waals surface area (Å²) in [7, 11) is 0. The molecule has 1 fully saturated rings. The minimum absolute atomic E-state index is 0.0467. The van der Waals surface area contributed by atoms with Crippen molar-refractivity contribution >= 4 is 5.97 Å². The molecule has 6 nitrogen and oxygen atoms in total. The van der Waals surface area contributed by atoms with E-state index in [0.717, 1.165) is 32.8 Å². The number of aliphatic hydroxyl groups is 1. The van der Waals surface area contributed by atoms with E-state index >= 15 is 0 Å². The highest BCUT2D eigenvalue weighted by atomic mass is 16.5. The fourth-order valence-corrected chi connectivity index (χ4v) is 2.06. The number of nitrogens with zero attached hydrogens (tertiary/aromatic N) is 1. The van der Waals surface area contributed by atoms with E-state index in [2.05, 4.69) is 17.1 Å². The molecule has 0 spiro atoms. The van der Waals surface area contributed by atoms with Gasteiger partial charge in [-0.2, -0.15) is 0 Å². The molecule has 2 N–H and O–H groups in total. The molecule has 112 valence electrons. The SMILES string of the molecule is CCOC(=O)CC(O)CNC(C)CN1CCOCC1. The predicted molar refractivity (Wildman–Crippen MR) is 72.0 cm³/mol. The van der Waals surface area contributed by atoms with Crippen molar-refractivity contribution in [2.75, 3.05) is 46.0 Å². The topological polar surface area (TPSA) is 71.0 Å². The molecule has 2 atom stereocenters. The van der Waals surface area contributed by atoms with E-state index in [1.54, 1.807) is 6.92 Å². The lowest BCUT2D eigenvalue weighted by Crippen LogP contribution is -2.46. The molecule has 0 aromatic carbocycles. The van der Waals surface area contributed by atoms with Crippen molar-refractivity contribution < 1.29 is 19.4 Å². The standard InChI is InChI=1S/C13H26N2O4/c1-3-19-13(17)8-12(16)9-14-11(2)10-15-4-6-18-7-5-15/h11-12,14,16H,3-10H2,1-2H3. The van der Waals surface area contributed by atoms with Gasteiger partial charge in [0.2, 0.25) is 0 Å². The van der Waals surface area contributed by atoms with Crippen LogP contribution in [0.1, 0.15) is 20.3 Å². The molecule has 1 saturated heterocycles. The van der Waals surface area contributed by atoms with Crippen LogP contribution in [0, 0.1) is 0 Å². The normalized spacial score (nSPS) is 19.9. The van der Waals surface area contributed by atoms with Gasteiger partial charge in [0.05, 0.1) is 32.3 Å². The van der Waals surface area contributed by atoms with E-state index in [9.17, 15) is 9.90 Å². The van der Waals surface area contributed by atoms with Crippen molar-refractivity contribution in [3.8, 4) is 0 Å². The third-order valence-corrected chi connectivity index (χ3v) is 3.05. The highest BCUT2D eigenvalue weighted by Crippen LogP contribution is 1.99. The smallest absolute Gasteiger partial charge is 0.308 e. The van der Waals surface area contributed by atoms with Gasteiger partial charge in [-0.1, -0.05) is 0 Å². The van der Waals surface area contributed by atoms with Crippen LogP contribution in [0.3, 0.4) is 0 Å². The largest absolute Gasteiger partial charge is 0.466 e. The number of morpholine rings is 1. The first kappa shape index (κ1) is 16.4. The molecule has 1 aliphatic heterocycles. The first-order chi connectivity index (χ1) is 9.11. The van der Waals surface area contributed by atoms with E-state index in [4.69, 9.17) is 9.47 Å². The predicted octanol–water partition coefficient (Wildman–Crippen LogP) is -0.389. The summed E-state index contributed by atoms with van der Waals surface area (Å²) in [5.74, 6) is -0.349. The van der Waals surface area contributed by atoms with Crippen LogP contribution >= 0.6 is 0 Å². The quantitative estimate of drug-likeness (QED) is 0.588. The van der Waals surface area contributed by atoms with E-state index in [1.165, 1.54) is 0 Å². The number of esters is 1. The van der Waals surface area contributed by atoms with Crippen molar-refractivity contribution in [2.24, 2.45) is 0 Å². The maximum atomic E-state index is 11.2. The number of hydrogen-bond acceptors (Lipinski definition) is 6. The minimum Gasteiger partial charge on any atom is -0.466 e. The third kappa shape index (κ3) is 7.47. The number of aliphatic hydroxyl groups excluding tert-OH is 1. The molecule has 6 heteroatoms. The van der Waals surface area contributed by atoms with E-state index in [0.29, 0.717) is 13.2 Å². The Morgan fingerprint density at radius 3 is 2.79 bits per heavy atom. The summed E-state index contributed by atoms with van der Waals surface area (Å²) < 4.78 is 10.1. The molecule has 2 unspecified atom stereocenters. The Hall–Kier alpha value is -0.690. The van der Waals surface area contributed by atoms with Crippen LogP contribution in [-0.2, 0) is 14.3 Å². The molecule has 0 aromatic rings. The molecule has 0 bridgehead atoms. The lowest BCUT2D eigenvalue weighted by atomic mass is 10.2. The molecule has 0 aliphatic carbocycles. The number of ether oxygens (including phenoxy) is 2. The summed E-state index contributed by atoms with van der Waals surface area (Å²) in [6, 6.07) is 0.273. The Labute approximate surface area is 115 Å². The Bertz CT molecular complexity index is 257. The zero-order valence-corrected chi connectivity index (χ0v) is 11.9. The molecule has 0 radical (unpaired) electrons. The van der Waals surface area contributed by atoms with Gasteiger partial charge in [-0.3, -0.25) is 9.69 Å². The van der Waals surface area contributed by atoms with E-state index < -0.39 is 6.10 Å². The lowest BCUT2D eigenvalue weighted by Gasteiger charge is -2.29. The summed E-state index contributed by atoms with van der Waals surface area (Å²) in [5, 5.41) is 12.9. The number of nitrogens with one attached hydrogen (secondary N) is 1. The molecule has 19 heavy (non-hydrogen) atoms. The molecular weight excluding hydrogens is 248 g/mol. The molecule has 1 rings (SSSR count). The zero-order chi connectivity index (χ0) is 14.1. The van der Waals surface area contributed by atoms with Gasteiger partial charge in [-0.15, -0.1) is 0 Å². The van der Waals surface area contributed by atoms with Crippen molar-refractivity contribution in [1.29, 1.82) is 0 Å². The van der Waals surface area contributed by atoms with Gasteiger partial charge >= 0.3 is 5.97 Å². The van der Waals surface area contributed by atoms with E-state index in [-0.39, 0.29) is 18.4 Å². The van der Waals surface area contributed by atoms with E-state index in [1.807, 2.05) is 0 Å². The van der Waals surface area contributed by atoms with Gasteiger partial charge in [0.15, 0.2) is 0 Å². The molecular formula is C13H26N2O4. The Morgan fingerprint density at radius 2 is 2.16 bits per heavy atom. The van der Waals surface area contributed by atoms with Gasteiger partial charge in [0.1, 0.15) is 0 Å². The fraction of sp³-hybridized carbons (Fsp3) is 0.923. The molecule has 1 heterocycles. The maximum Gasteiger partial charge on any atom is 0.308 e. The van der Waals surface area contributed by atoms with Gasteiger partial charge in [-0.05, 0) is 13.8 Å². The van der Waals surface area contributed by atoms with Gasteiger partial charge in [-0.25, -0.2) is 0 Å². The average Bonchev–Trinajstić information content (AvgIpc) is 2.38. The average molecular weight is 274 g/mol. The maximum absolute atomic E-state index is 11.2. The van der Waals surface area contributed by atoms with Crippen LogP contribution in [-0.4, -0.2) is 74.1 Å². The van der Waals surface area contributed by atoms with Crippen LogP contribution in [0.25, 0.3) is 0 Å². The number of rotatable bonds is 8. The second-order valence-corrected chi connectivity index (χ2v) is 4.89. The number of hydrogen-bond donors (Lipinski definition) is 2.